The molecule has 1 saturated heterocycles. The molecule has 1 atom stereocenters. The number of aromatic nitrogens is 1. The minimum absolute atomic E-state index is 0.0734. The molecule has 0 aliphatic carbocycles. The maximum atomic E-state index is 13.2. The lowest BCUT2D eigenvalue weighted by Crippen LogP contribution is -2.56. The highest BCUT2D eigenvalue weighted by Gasteiger charge is 2.34. The number of carboxylic acid groups (broad SMARTS) is 1. The minimum Gasteiger partial charge on any atom is -0.465 e. The highest BCUT2D eigenvalue weighted by atomic mass is 32.2. The topological polar surface area (TPSA) is 158 Å². The van der Waals surface area contributed by atoms with E-state index in [0.29, 0.717) is 43.0 Å². The van der Waals surface area contributed by atoms with Crippen molar-refractivity contribution in [2.24, 2.45) is 5.92 Å². The standard InChI is InChI=1S/C30H41N5O7S/c1-5-42-29(37)25(33-43(40,41)26-20(3)14-19(2)15-21(26)4)16-31-28(36)23-17-34(18-23)12-7-9-24-11-10-22-8-6-13-35(30(38)39)27(22)32-24/h10-11,14-15,23,25,33H,5-9,12-13,16-18H2,1-4H3,(H,31,36)(H,38,39). The fourth-order valence-corrected chi connectivity index (χ4v) is 7.44. The van der Waals surface area contributed by atoms with Gasteiger partial charge in [-0.1, -0.05) is 23.8 Å². The van der Waals surface area contributed by atoms with Crippen molar-refractivity contribution < 1.29 is 32.6 Å². The van der Waals surface area contributed by atoms with Gasteiger partial charge in [0.05, 0.1) is 17.4 Å². The van der Waals surface area contributed by atoms with Gasteiger partial charge in [-0.3, -0.25) is 14.5 Å². The predicted molar refractivity (Wildman–Crippen MR) is 161 cm³/mol. The zero-order valence-electron chi connectivity index (χ0n) is 25.2. The number of hydrogen-bond donors (Lipinski definition) is 3. The van der Waals surface area contributed by atoms with E-state index < -0.39 is 28.1 Å². The van der Waals surface area contributed by atoms with Gasteiger partial charge in [0.15, 0.2) is 0 Å². The maximum Gasteiger partial charge on any atom is 0.413 e. The summed E-state index contributed by atoms with van der Waals surface area (Å²) in [4.78, 5) is 45.2. The average molecular weight is 616 g/mol. The lowest BCUT2D eigenvalue weighted by atomic mass is 9.98. The molecule has 12 nitrogen and oxygen atoms in total. The van der Waals surface area contributed by atoms with E-state index in [9.17, 15) is 27.9 Å². The van der Waals surface area contributed by atoms with Crippen molar-refractivity contribution in [3.8, 4) is 0 Å². The third-order valence-corrected chi connectivity index (χ3v) is 9.56. The number of carbonyl (C=O) groups excluding carboxylic acids is 2. The Balaban J connectivity index is 1.26. The molecule has 2 aliphatic rings. The number of pyridine rings is 1. The van der Waals surface area contributed by atoms with Crippen LogP contribution in [0.5, 0.6) is 0 Å². The van der Waals surface area contributed by atoms with Crippen molar-refractivity contribution in [2.45, 2.75) is 64.3 Å². The molecule has 43 heavy (non-hydrogen) atoms. The van der Waals surface area contributed by atoms with Crippen LogP contribution in [0.4, 0.5) is 10.6 Å². The van der Waals surface area contributed by atoms with E-state index in [0.717, 1.165) is 42.6 Å². The number of fused-ring (bicyclic) bond motifs is 1. The largest absolute Gasteiger partial charge is 0.465 e. The van der Waals surface area contributed by atoms with Gasteiger partial charge in [0.2, 0.25) is 15.9 Å². The summed E-state index contributed by atoms with van der Waals surface area (Å²) in [5.74, 6) is -0.750. The third kappa shape index (κ3) is 7.89. The summed E-state index contributed by atoms with van der Waals surface area (Å²) >= 11 is 0. The highest BCUT2D eigenvalue weighted by Crippen LogP contribution is 2.26. The number of hydrogen-bond acceptors (Lipinski definition) is 8. The van der Waals surface area contributed by atoms with Crippen LogP contribution in [0, 0.1) is 26.7 Å². The summed E-state index contributed by atoms with van der Waals surface area (Å²) in [6.45, 7) is 9.07. The molecule has 4 rings (SSSR count). The number of aryl methyl sites for hydroxylation is 5. The Hall–Kier alpha value is -3.55. The van der Waals surface area contributed by atoms with Crippen LogP contribution in [-0.2, 0) is 37.2 Å². The smallest absolute Gasteiger partial charge is 0.413 e. The number of ether oxygens (including phenoxy) is 1. The second-order valence-electron chi connectivity index (χ2n) is 11.3. The van der Waals surface area contributed by atoms with E-state index in [1.54, 1.807) is 32.9 Å². The van der Waals surface area contributed by atoms with Gasteiger partial charge in [-0.15, -0.1) is 0 Å². The number of rotatable bonds is 12. The number of likely N-dealkylation sites (tertiary alicyclic amines) is 1. The molecule has 3 N–H and O–H groups in total. The molecule has 2 aromatic rings. The van der Waals surface area contributed by atoms with E-state index >= 15 is 0 Å². The van der Waals surface area contributed by atoms with Crippen molar-refractivity contribution in [1.29, 1.82) is 0 Å². The van der Waals surface area contributed by atoms with Gasteiger partial charge in [0.1, 0.15) is 11.9 Å². The summed E-state index contributed by atoms with van der Waals surface area (Å²) in [7, 11) is -4.06. The molecule has 13 heteroatoms. The summed E-state index contributed by atoms with van der Waals surface area (Å²) < 4.78 is 34.0. The van der Waals surface area contributed by atoms with E-state index in [1.165, 1.54) is 4.90 Å². The Bertz CT molecular complexity index is 1450. The first kappa shape index (κ1) is 32.4. The summed E-state index contributed by atoms with van der Waals surface area (Å²) in [5.41, 5.74) is 3.85. The van der Waals surface area contributed by atoms with Gasteiger partial charge in [0, 0.05) is 31.9 Å². The van der Waals surface area contributed by atoms with Crippen LogP contribution in [0.2, 0.25) is 0 Å². The molecule has 0 saturated carbocycles. The number of anilines is 1. The molecule has 0 spiro atoms. The van der Waals surface area contributed by atoms with E-state index in [4.69, 9.17) is 4.74 Å². The van der Waals surface area contributed by atoms with Gasteiger partial charge in [0.25, 0.3) is 0 Å². The number of sulfonamides is 1. The van der Waals surface area contributed by atoms with Crippen LogP contribution in [0.3, 0.4) is 0 Å². The molecule has 0 bridgehead atoms. The normalized spacial score (nSPS) is 16.2. The molecule has 234 valence electrons. The lowest BCUT2D eigenvalue weighted by Gasteiger charge is -2.38. The van der Waals surface area contributed by atoms with Crippen LogP contribution in [0.15, 0.2) is 29.2 Å². The van der Waals surface area contributed by atoms with Crippen LogP contribution in [0.1, 0.15) is 47.7 Å². The maximum absolute atomic E-state index is 13.2. The molecular formula is C30H41N5O7S. The molecule has 2 amide bonds. The van der Waals surface area contributed by atoms with Crippen LogP contribution < -0.4 is 14.9 Å². The zero-order valence-corrected chi connectivity index (χ0v) is 26.0. The van der Waals surface area contributed by atoms with E-state index in [-0.39, 0.29) is 29.9 Å². The van der Waals surface area contributed by atoms with Gasteiger partial charge in [-0.2, -0.15) is 4.72 Å². The van der Waals surface area contributed by atoms with Crippen LogP contribution in [0.25, 0.3) is 0 Å². The summed E-state index contributed by atoms with van der Waals surface area (Å²) in [6.07, 6.45) is 2.11. The zero-order chi connectivity index (χ0) is 31.3. The molecule has 1 aromatic carbocycles. The highest BCUT2D eigenvalue weighted by molar-refractivity contribution is 7.89. The molecule has 1 fully saturated rings. The van der Waals surface area contributed by atoms with Crippen molar-refractivity contribution in [3.05, 3.63) is 52.2 Å². The Morgan fingerprint density at radius 3 is 2.49 bits per heavy atom. The third-order valence-electron chi connectivity index (χ3n) is 7.79. The Labute approximate surface area is 252 Å². The van der Waals surface area contributed by atoms with Gasteiger partial charge < -0.3 is 20.1 Å². The second kappa shape index (κ2) is 13.8. The molecular weight excluding hydrogens is 574 g/mol. The number of benzene rings is 1. The van der Waals surface area contributed by atoms with E-state index in [1.807, 2.05) is 19.1 Å². The number of carbonyl (C=O) groups is 3. The second-order valence-corrected chi connectivity index (χ2v) is 12.9. The SMILES string of the molecule is CCOC(=O)C(CNC(=O)C1CN(CCCc2ccc3c(n2)N(C(=O)O)CCC3)C1)NS(=O)(=O)c1c(C)cc(C)cc1C. The molecule has 2 aliphatic heterocycles. The fourth-order valence-electron chi connectivity index (χ4n) is 5.81. The predicted octanol–water partition coefficient (Wildman–Crippen LogP) is 2.33. The lowest BCUT2D eigenvalue weighted by molar-refractivity contribution is -0.145. The first-order valence-corrected chi connectivity index (χ1v) is 16.1. The number of nitrogens with one attached hydrogen (secondary N) is 2. The van der Waals surface area contributed by atoms with Crippen LogP contribution >= 0.6 is 0 Å². The number of nitrogens with zero attached hydrogens (tertiary/aromatic N) is 3. The van der Waals surface area contributed by atoms with Gasteiger partial charge in [-0.25, -0.2) is 18.2 Å². The molecule has 1 unspecified atom stereocenters. The Kier molecular flexibility index (Phi) is 10.4. The van der Waals surface area contributed by atoms with Crippen LogP contribution in [-0.4, -0.2) is 86.8 Å². The van der Waals surface area contributed by atoms with Crippen molar-refractivity contribution in [3.63, 3.8) is 0 Å². The average Bonchev–Trinajstić information content (AvgIpc) is 2.90. The first-order chi connectivity index (χ1) is 20.4. The van der Waals surface area contributed by atoms with Gasteiger partial charge in [-0.05, 0) is 82.7 Å². The molecule has 0 radical (unpaired) electrons. The van der Waals surface area contributed by atoms with Crippen molar-refractivity contribution >= 4 is 33.8 Å². The van der Waals surface area contributed by atoms with Gasteiger partial charge >= 0.3 is 12.1 Å². The number of esters is 1. The van der Waals surface area contributed by atoms with Crippen molar-refractivity contribution in [1.82, 2.24) is 19.9 Å². The Morgan fingerprint density at radius 2 is 1.84 bits per heavy atom. The monoisotopic (exact) mass is 615 g/mol. The number of amides is 2. The molecule has 3 heterocycles. The molecule has 1 aromatic heterocycles. The van der Waals surface area contributed by atoms with Crippen molar-refractivity contribution in [2.75, 3.05) is 44.2 Å². The summed E-state index contributed by atoms with van der Waals surface area (Å²) in [5, 5.41) is 12.2. The summed E-state index contributed by atoms with van der Waals surface area (Å²) in [6, 6.07) is 6.17. The Morgan fingerprint density at radius 1 is 1.14 bits per heavy atom. The fraction of sp³-hybridized carbons (Fsp3) is 0.533. The minimum atomic E-state index is -4.06. The quantitative estimate of drug-likeness (QED) is 0.305. The first-order valence-electron chi connectivity index (χ1n) is 14.7. The van der Waals surface area contributed by atoms with E-state index in [2.05, 4.69) is 19.9 Å².